The maximum absolute atomic E-state index is 6.53. The highest BCUT2D eigenvalue weighted by molar-refractivity contribution is 5.72. The van der Waals surface area contributed by atoms with Crippen molar-refractivity contribution in [1.29, 1.82) is 0 Å². The minimum Gasteiger partial charge on any atom is -0.491 e. The van der Waals surface area contributed by atoms with E-state index in [1.807, 2.05) is 0 Å². The molecule has 1 saturated carbocycles. The Labute approximate surface area is 224 Å². The Morgan fingerprint density at radius 1 is 0.973 bits per heavy atom. The number of benzene rings is 1. The second kappa shape index (κ2) is 12.9. The van der Waals surface area contributed by atoms with Gasteiger partial charge in [0.1, 0.15) is 18.0 Å². The van der Waals surface area contributed by atoms with Crippen LogP contribution >= 0.6 is 0 Å². The van der Waals surface area contributed by atoms with Crippen molar-refractivity contribution in [3.8, 4) is 23.0 Å². The van der Waals surface area contributed by atoms with E-state index in [1.165, 1.54) is 50.6 Å². The number of rotatable bonds is 11. The molecule has 2 unspecified atom stereocenters. The molecule has 1 aliphatic heterocycles. The SMILES string of the molecule is CCCN(CCC)c1c(C)nc(-c2c(C)cc(C)cc2OCCN2CCCC3CCCCC32)nc1OC. The molecule has 4 rings (SSSR count). The highest BCUT2D eigenvalue weighted by atomic mass is 16.5. The molecule has 2 fully saturated rings. The van der Waals surface area contributed by atoms with Gasteiger partial charge in [-0.25, -0.2) is 4.98 Å². The van der Waals surface area contributed by atoms with Crippen molar-refractivity contribution in [2.24, 2.45) is 5.92 Å². The zero-order valence-electron chi connectivity index (χ0n) is 24.1. The molecule has 0 spiro atoms. The number of aromatic nitrogens is 2. The second-order valence-electron chi connectivity index (χ2n) is 11.1. The first-order valence-electron chi connectivity index (χ1n) is 14.6. The summed E-state index contributed by atoms with van der Waals surface area (Å²) in [5.74, 6) is 3.10. The molecule has 6 heteroatoms. The van der Waals surface area contributed by atoms with Crippen LogP contribution in [0.1, 0.15) is 82.0 Å². The Kier molecular flexibility index (Phi) is 9.69. The molecule has 0 radical (unpaired) electrons. The number of anilines is 1. The van der Waals surface area contributed by atoms with E-state index in [0.717, 1.165) is 72.7 Å². The van der Waals surface area contributed by atoms with Gasteiger partial charge in [0.25, 0.3) is 0 Å². The van der Waals surface area contributed by atoms with Crippen LogP contribution in [0.4, 0.5) is 5.69 Å². The van der Waals surface area contributed by atoms with Crippen molar-refractivity contribution < 1.29 is 9.47 Å². The quantitative estimate of drug-likeness (QED) is 0.335. The summed E-state index contributed by atoms with van der Waals surface area (Å²) < 4.78 is 12.4. The summed E-state index contributed by atoms with van der Waals surface area (Å²) in [6.45, 7) is 15.5. The lowest BCUT2D eigenvalue weighted by atomic mass is 9.78. The predicted octanol–water partition coefficient (Wildman–Crippen LogP) is 6.74. The van der Waals surface area contributed by atoms with Gasteiger partial charge >= 0.3 is 0 Å². The minimum atomic E-state index is 0.645. The number of ether oxygens (including phenoxy) is 2. The van der Waals surface area contributed by atoms with Gasteiger partial charge in [-0.05, 0) is 89.0 Å². The predicted molar refractivity (Wildman–Crippen MR) is 153 cm³/mol. The number of aryl methyl sites for hydroxylation is 3. The first-order valence-corrected chi connectivity index (χ1v) is 14.6. The highest BCUT2D eigenvalue weighted by Crippen LogP contribution is 2.38. The lowest BCUT2D eigenvalue weighted by Crippen LogP contribution is -2.48. The summed E-state index contributed by atoms with van der Waals surface area (Å²) in [7, 11) is 1.71. The van der Waals surface area contributed by atoms with Crippen LogP contribution in [0.2, 0.25) is 0 Å². The molecule has 2 atom stereocenters. The normalized spacial score (nSPS) is 19.9. The lowest BCUT2D eigenvalue weighted by molar-refractivity contribution is 0.0502. The average molecular weight is 509 g/mol. The van der Waals surface area contributed by atoms with Gasteiger partial charge in [0.15, 0.2) is 5.82 Å². The van der Waals surface area contributed by atoms with Crippen LogP contribution in [0, 0.1) is 26.7 Å². The van der Waals surface area contributed by atoms with Crippen LogP contribution in [0.15, 0.2) is 12.1 Å². The molecule has 37 heavy (non-hydrogen) atoms. The topological polar surface area (TPSA) is 50.7 Å². The molecule has 204 valence electrons. The molecule has 0 bridgehead atoms. The minimum absolute atomic E-state index is 0.645. The molecule has 0 amide bonds. The van der Waals surface area contributed by atoms with Gasteiger partial charge in [0, 0.05) is 25.7 Å². The molecule has 1 saturated heterocycles. The Balaban J connectivity index is 1.59. The summed E-state index contributed by atoms with van der Waals surface area (Å²) in [5, 5.41) is 0. The summed E-state index contributed by atoms with van der Waals surface area (Å²) >= 11 is 0. The Morgan fingerprint density at radius 3 is 2.43 bits per heavy atom. The third kappa shape index (κ3) is 6.39. The van der Waals surface area contributed by atoms with Gasteiger partial charge in [-0.3, -0.25) is 4.90 Å². The van der Waals surface area contributed by atoms with Crippen molar-refractivity contribution >= 4 is 5.69 Å². The van der Waals surface area contributed by atoms with E-state index >= 15 is 0 Å². The standard InChI is InChI=1S/C31H48N4O2/c1-7-15-35(16-8-2)29-24(5)32-30(33-31(29)36-6)28-23(4)20-22(3)21-27(28)37-19-18-34-17-11-13-25-12-9-10-14-26(25)34/h20-21,25-26H,7-19H2,1-6H3. The van der Waals surface area contributed by atoms with E-state index in [4.69, 9.17) is 19.4 Å². The van der Waals surface area contributed by atoms with E-state index in [1.54, 1.807) is 7.11 Å². The maximum Gasteiger partial charge on any atom is 0.241 e. The zero-order chi connectivity index (χ0) is 26.4. The molecule has 2 heterocycles. The number of nitrogens with zero attached hydrogens (tertiary/aromatic N) is 4. The van der Waals surface area contributed by atoms with Crippen molar-refractivity contribution in [3.05, 3.63) is 29.0 Å². The lowest BCUT2D eigenvalue weighted by Gasteiger charge is -2.44. The Morgan fingerprint density at radius 2 is 1.70 bits per heavy atom. The van der Waals surface area contributed by atoms with Gasteiger partial charge < -0.3 is 14.4 Å². The van der Waals surface area contributed by atoms with Crippen LogP contribution in [-0.4, -0.2) is 60.8 Å². The second-order valence-corrected chi connectivity index (χ2v) is 11.1. The summed E-state index contributed by atoms with van der Waals surface area (Å²) in [5.41, 5.74) is 5.26. The van der Waals surface area contributed by atoms with Crippen LogP contribution in [-0.2, 0) is 0 Å². The summed E-state index contributed by atoms with van der Waals surface area (Å²) in [6, 6.07) is 5.09. The largest absolute Gasteiger partial charge is 0.491 e. The third-order valence-electron chi connectivity index (χ3n) is 8.18. The first kappa shape index (κ1) is 27.7. The third-order valence-corrected chi connectivity index (χ3v) is 8.18. The number of hydrogen-bond donors (Lipinski definition) is 0. The first-order chi connectivity index (χ1) is 18.0. The number of piperidine rings is 1. The Hall–Kier alpha value is -2.34. The molecule has 2 aliphatic rings. The molecule has 6 nitrogen and oxygen atoms in total. The van der Waals surface area contributed by atoms with Crippen molar-refractivity contribution in [2.45, 2.75) is 92.0 Å². The van der Waals surface area contributed by atoms with Gasteiger partial charge in [0.05, 0.1) is 18.4 Å². The van der Waals surface area contributed by atoms with Gasteiger partial charge in [-0.15, -0.1) is 0 Å². The molecule has 1 aromatic heterocycles. The van der Waals surface area contributed by atoms with E-state index in [0.29, 0.717) is 18.3 Å². The average Bonchev–Trinajstić information content (AvgIpc) is 2.88. The molecule has 1 aromatic carbocycles. The molecule has 0 N–H and O–H groups in total. The number of fused-ring (bicyclic) bond motifs is 1. The smallest absolute Gasteiger partial charge is 0.241 e. The molecule has 2 aromatic rings. The van der Waals surface area contributed by atoms with Gasteiger partial charge in [-0.1, -0.05) is 32.8 Å². The van der Waals surface area contributed by atoms with Crippen molar-refractivity contribution in [1.82, 2.24) is 14.9 Å². The fourth-order valence-electron chi connectivity index (χ4n) is 6.64. The van der Waals surface area contributed by atoms with Crippen molar-refractivity contribution in [3.63, 3.8) is 0 Å². The van der Waals surface area contributed by atoms with Gasteiger partial charge in [-0.2, -0.15) is 4.98 Å². The van der Waals surface area contributed by atoms with Gasteiger partial charge in [0.2, 0.25) is 5.88 Å². The van der Waals surface area contributed by atoms with E-state index in [2.05, 4.69) is 56.6 Å². The molecular weight excluding hydrogens is 460 g/mol. The fourth-order valence-corrected chi connectivity index (χ4v) is 6.64. The van der Waals surface area contributed by atoms with Crippen molar-refractivity contribution in [2.75, 3.05) is 44.8 Å². The summed E-state index contributed by atoms with van der Waals surface area (Å²) in [4.78, 5) is 15.0. The van der Waals surface area contributed by atoms with Crippen LogP contribution in [0.5, 0.6) is 11.6 Å². The van der Waals surface area contributed by atoms with Crippen LogP contribution in [0.3, 0.4) is 0 Å². The zero-order valence-corrected chi connectivity index (χ0v) is 24.1. The highest BCUT2D eigenvalue weighted by Gasteiger charge is 2.33. The number of likely N-dealkylation sites (tertiary alicyclic amines) is 1. The number of methoxy groups -OCH3 is 1. The maximum atomic E-state index is 6.53. The molecule has 1 aliphatic carbocycles. The summed E-state index contributed by atoms with van der Waals surface area (Å²) in [6.07, 6.45) is 10.4. The van der Waals surface area contributed by atoms with Crippen LogP contribution in [0.25, 0.3) is 11.4 Å². The fraction of sp³-hybridized carbons (Fsp3) is 0.677. The van der Waals surface area contributed by atoms with Crippen LogP contribution < -0.4 is 14.4 Å². The van der Waals surface area contributed by atoms with E-state index < -0.39 is 0 Å². The molecular formula is C31H48N4O2. The Bertz CT molecular complexity index is 1030. The van der Waals surface area contributed by atoms with E-state index in [9.17, 15) is 0 Å². The number of hydrogen-bond acceptors (Lipinski definition) is 6. The monoisotopic (exact) mass is 508 g/mol. The van der Waals surface area contributed by atoms with E-state index in [-0.39, 0.29) is 0 Å².